The topological polar surface area (TPSA) is 94.0 Å². The molecule has 1 saturated carbocycles. The molecule has 140 valence electrons. The summed E-state index contributed by atoms with van der Waals surface area (Å²) in [6.07, 6.45) is -0.619. The Labute approximate surface area is 148 Å². The first-order valence-corrected chi connectivity index (χ1v) is 8.40. The Morgan fingerprint density at radius 1 is 1.23 bits per heavy atom. The van der Waals surface area contributed by atoms with E-state index in [4.69, 9.17) is 5.73 Å². The molecule has 1 aromatic carbocycles. The third-order valence-electron chi connectivity index (χ3n) is 4.60. The number of nitrogens with two attached hydrogens (primary N) is 1. The molecule has 1 aliphatic carbocycles. The summed E-state index contributed by atoms with van der Waals surface area (Å²) in [6, 6.07) is 6.07. The average molecular weight is 368 g/mol. The number of carbonyl (C=O) groups is 1. The molecule has 9 heteroatoms. The summed E-state index contributed by atoms with van der Waals surface area (Å²) < 4.78 is 41.7. The minimum atomic E-state index is -4.69. The van der Waals surface area contributed by atoms with E-state index in [0.717, 1.165) is 25.7 Å². The number of aromatic nitrogens is 2. The molecule has 1 aromatic heterocycles. The number of halogens is 3. The number of nitrogens with one attached hydrogen (secondary N) is 1. The van der Waals surface area contributed by atoms with Gasteiger partial charge in [-0.3, -0.25) is 4.79 Å². The molecule has 3 N–H and O–H groups in total. The summed E-state index contributed by atoms with van der Waals surface area (Å²) in [5, 5.41) is 6.32. The number of benzene rings is 1. The lowest BCUT2D eigenvalue weighted by Crippen LogP contribution is -2.44. The summed E-state index contributed by atoms with van der Waals surface area (Å²) in [6.45, 7) is 0.531. The van der Waals surface area contributed by atoms with Gasteiger partial charge in [-0.25, -0.2) is 0 Å². The van der Waals surface area contributed by atoms with Crippen LogP contribution in [0.2, 0.25) is 0 Å². The van der Waals surface area contributed by atoms with Crippen LogP contribution in [0.3, 0.4) is 0 Å². The van der Waals surface area contributed by atoms with E-state index in [2.05, 4.69) is 20.0 Å². The number of hydrogen-bond donors (Lipinski definition) is 2. The normalized spacial score (nSPS) is 20.8. The molecule has 0 unspecified atom stereocenters. The van der Waals surface area contributed by atoms with Crippen LogP contribution in [0.5, 0.6) is 0 Å². The van der Waals surface area contributed by atoms with E-state index >= 15 is 0 Å². The van der Waals surface area contributed by atoms with Crippen LogP contribution in [-0.2, 0) is 6.18 Å². The van der Waals surface area contributed by atoms with Gasteiger partial charge in [0.05, 0.1) is 0 Å². The average Bonchev–Trinajstić information content (AvgIpc) is 3.13. The minimum Gasteiger partial charge on any atom is -0.349 e. The van der Waals surface area contributed by atoms with Gasteiger partial charge in [0.2, 0.25) is 5.82 Å². The molecule has 1 fully saturated rings. The molecule has 0 radical (unpaired) electrons. The highest BCUT2D eigenvalue weighted by atomic mass is 19.4. The quantitative estimate of drug-likeness (QED) is 0.865. The van der Waals surface area contributed by atoms with Crippen LogP contribution < -0.4 is 11.1 Å². The molecule has 0 saturated heterocycles. The van der Waals surface area contributed by atoms with Crippen LogP contribution in [0.15, 0.2) is 28.8 Å². The standard InChI is InChI=1S/C17H19F3N4O2/c18-17(19,20)16-23-14(24-26-16)10-5-7-11(8-6-10)15(25)22-13-4-2-1-3-12(13)9-21/h5-8,12-13H,1-4,9,21H2,(H,22,25)/t12-,13-/m0/s1. The molecule has 0 aliphatic heterocycles. The first-order valence-electron chi connectivity index (χ1n) is 8.40. The van der Waals surface area contributed by atoms with Crippen LogP contribution in [0.4, 0.5) is 13.2 Å². The SMILES string of the molecule is NC[C@@H]1CCCC[C@@H]1NC(=O)c1ccc(-c2noc(C(F)(F)F)n2)cc1. The van der Waals surface area contributed by atoms with Gasteiger partial charge in [-0.1, -0.05) is 30.1 Å². The molecule has 1 amide bonds. The van der Waals surface area contributed by atoms with E-state index in [-0.39, 0.29) is 23.7 Å². The smallest absolute Gasteiger partial charge is 0.349 e. The lowest BCUT2D eigenvalue weighted by molar-refractivity contribution is -0.159. The summed E-state index contributed by atoms with van der Waals surface area (Å²) in [4.78, 5) is 15.7. The fourth-order valence-corrected chi connectivity index (χ4v) is 3.16. The molecular formula is C17H19F3N4O2. The Morgan fingerprint density at radius 2 is 1.92 bits per heavy atom. The maximum Gasteiger partial charge on any atom is 0.471 e. The Kier molecular flexibility index (Phi) is 5.26. The molecule has 6 nitrogen and oxygen atoms in total. The molecule has 2 aromatic rings. The van der Waals surface area contributed by atoms with Crippen molar-refractivity contribution in [3.05, 3.63) is 35.7 Å². The van der Waals surface area contributed by atoms with Crippen LogP contribution >= 0.6 is 0 Å². The van der Waals surface area contributed by atoms with Crippen molar-refractivity contribution in [2.24, 2.45) is 11.7 Å². The van der Waals surface area contributed by atoms with Crippen LogP contribution in [0.1, 0.15) is 41.9 Å². The van der Waals surface area contributed by atoms with Gasteiger partial charge in [0, 0.05) is 17.2 Å². The van der Waals surface area contributed by atoms with E-state index < -0.39 is 12.1 Å². The number of nitrogens with zero attached hydrogens (tertiary/aromatic N) is 2. The summed E-state index contributed by atoms with van der Waals surface area (Å²) in [7, 11) is 0. The first kappa shape index (κ1) is 18.4. The van der Waals surface area contributed by atoms with Gasteiger partial charge in [-0.05, 0) is 37.4 Å². The van der Waals surface area contributed by atoms with E-state index in [9.17, 15) is 18.0 Å². The van der Waals surface area contributed by atoms with Crippen molar-refractivity contribution in [3.63, 3.8) is 0 Å². The van der Waals surface area contributed by atoms with E-state index in [0.29, 0.717) is 17.7 Å². The molecule has 26 heavy (non-hydrogen) atoms. The second kappa shape index (κ2) is 7.45. The van der Waals surface area contributed by atoms with E-state index in [1.54, 1.807) is 0 Å². The third-order valence-corrected chi connectivity index (χ3v) is 4.60. The Hall–Kier alpha value is -2.42. The maximum atomic E-state index is 12.5. The monoisotopic (exact) mass is 368 g/mol. The number of amides is 1. The number of alkyl halides is 3. The highest BCUT2D eigenvalue weighted by Gasteiger charge is 2.38. The van der Waals surface area contributed by atoms with Crippen molar-refractivity contribution in [1.29, 1.82) is 0 Å². The summed E-state index contributed by atoms with van der Waals surface area (Å²) in [5.74, 6) is -1.54. The van der Waals surface area contributed by atoms with Crippen LogP contribution in [0.25, 0.3) is 11.4 Å². The van der Waals surface area contributed by atoms with Crippen molar-refractivity contribution < 1.29 is 22.5 Å². The van der Waals surface area contributed by atoms with Crippen molar-refractivity contribution in [3.8, 4) is 11.4 Å². The van der Waals surface area contributed by atoms with Crippen LogP contribution in [-0.4, -0.2) is 28.6 Å². The van der Waals surface area contributed by atoms with Gasteiger partial charge in [0.15, 0.2) is 0 Å². The summed E-state index contributed by atoms with van der Waals surface area (Å²) in [5.41, 5.74) is 6.51. The van der Waals surface area contributed by atoms with E-state index in [1.807, 2.05) is 0 Å². The second-order valence-electron chi connectivity index (χ2n) is 6.36. The zero-order chi connectivity index (χ0) is 18.7. The fourth-order valence-electron chi connectivity index (χ4n) is 3.16. The predicted octanol–water partition coefficient (Wildman–Crippen LogP) is 3.00. The molecule has 0 bridgehead atoms. The molecule has 1 heterocycles. The lowest BCUT2D eigenvalue weighted by Gasteiger charge is -2.31. The van der Waals surface area contributed by atoms with E-state index in [1.165, 1.54) is 24.3 Å². The highest BCUT2D eigenvalue weighted by molar-refractivity contribution is 5.94. The van der Waals surface area contributed by atoms with Gasteiger partial charge in [-0.2, -0.15) is 18.2 Å². The maximum absolute atomic E-state index is 12.5. The molecule has 0 spiro atoms. The van der Waals surface area contributed by atoms with Crippen molar-refractivity contribution in [2.75, 3.05) is 6.54 Å². The Balaban J connectivity index is 1.69. The van der Waals surface area contributed by atoms with Crippen molar-refractivity contribution >= 4 is 5.91 Å². The van der Waals surface area contributed by atoms with Gasteiger partial charge < -0.3 is 15.6 Å². The van der Waals surface area contributed by atoms with Gasteiger partial charge >= 0.3 is 12.1 Å². The van der Waals surface area contributed by atoms with Gasteiger partial charge in [-0.15, -0.1) is 0 Å². The zero-order valence-electron chi connectivity index (χ0n) is 13.9. The number of rotatable bonds is 4. The second-order valence-corrected chi connectivity index (χ2v) is 6.36. The lowest BCUT2D eigenvalue weighted by atomic mass is 9.84. The van der Waals surface area contributed by atoms with Crippen molar-refractivity contribution in [1.82, 2.24) is 15.5 Å². The zero-order valence-corrected chi connectivity index (χ0v) is 13.9. The molecule has 1 aliphatic rings. The van der Waals surface area contributed by atoms with Crippen LogP contribution in [0, 0.1) is 5.92 Å². The molecule has 3 rings (SSSR count). The predicted molar refractivity (Wildman–Crippen MR) is 87.0 cm³/mol. The fraction of sp³-hybridized carbons (Fsp3) is 0.471. The molecular weight excluding hydrogens is 349 g/mol. The first-order chi connectivity index (χ1) is 12.4. The van der Waals surface area contributed by atoms with Gasteiger partial charge in [0.25, 0.3) is 5.91 Å². The number of hydrogen-bond acceptors (Lipinski definition) is 5. The van der Waals surface area contributed by atoms with Crippen molar-refractivity contribution in [2.45, 2.75) is 37.9 Å². The third kappa shape index (κ3) is 4.04. The Morgan fingerprint density at radius 3 is 2.54 bits per heavy atom. The largest absolute Gasteiger partial charge is 0.471 e. The van der Waals surface area contributed by atoms with Gasteiger partial charge in [0.1, 0.15) is 0 Å². The number of carbonyl (C=O) groups excluding carboxylic acids is 1. The summed E-state index contributed by atoms with van der Waals surface area (Å²) >= 11 is 0. The Bertz CT molecular complexity index is 758. The highest BCUT2D eigenvalue weighted by Crippen LogP contribution is 2.29. The molecule has 2 atom stereocenters. The minimum absolute atomic E-state index is 0.0486.